The molecule has 0 aromatic heterocycles. The highest BCUT2D eigenvalue weighted by atomic mass is 16.2. The minimum atomic E-state index is 0.278. The molecule has 2 aliphatic rings. The Balaban J connectivity index is 1.61. The first kappa shape index (κ1) is 12.8. The molecule has 0 aromatic carbocycles. The highest BCUT2D eigenvalue weighted by Gasteiger charge is 2.36. The molecule has 1 saturated carbocycles. The van der Waals surface area contributed by atoms with Crippen LogP contribution in [0.15, 0.2) is 0 Å². The number of carbonyl (C=O) groups excluding carboxylic acids is 1. The molecular weight excluding hydrogens is 214 g/mol. The van der Waals surface area contributed by atoms with Gasteiger partial charge in [-0.25, -0.2) is 0 Å². The fourth-order valence-corrected chi connectivity index (χ4v) is 2.57. The molecule has 0 aromatic rings. The van der Waals surface area contributed by atoms with Gasteiger partial charge in [-0.1, -0.05) is 13.3 Å². The van der Waals surface area contributed by atoms with Crippen LogP contribution >= 0.6 is 0 Å². The van der Waals surface area contributed by atoms with Gasteiger partial charge in [0.05, 0.1) is 6.54 Å². The lowest BCUT2D eigenvalue weighted by molar-refractivity contribution is -0.131. The molecule has 4 heteroatoms. The number of piperazine rings is 1. The molecule has 1 aliphatic carbocycles. The average Bonchev–Trinajstić information content (AvgIpc) is 3.06. The third-order valence-electron chi connectivity index (χ3n) is 3.95. The highest BCUT2D eigenvalue weighted by Crippen LogP contribution is 2.34. The Kier molecular flexibility index (Phi) is 4.40. The number of nitrogens with zero attached hydrogens (tertiary/aromatic N) is 2. The van der Waals surface area contributed by atoms with Gasteiger partial charge in [0.2, 0.25) is 5.91 Å². The number of carbonyl (C=O) groups is 1. The largest absolute Gasteiger partial charge is 0.339 e. The SMILES string of the molecule is CCCC1CC1NCC(=O)N1CCN(C)CC1. The van der Waals surface area contributed by atoms with Crippen molar-refractivity contribution in [2.24, 2.45) is 5.92 Å². The predicted molar refractivity (Wildman–Crippen MR) is 68.9 cm³/mol. The Morgan fingerprint density at radius 3 is 2.65 bits per heavy atom. The molecule has 1 amide bonds. The minimum Gasteiger partial charge on any atom is -0.339 e. The van der Waals surface area contributed by atoms with Crippen molar-refractivity contribution in [3.05, 3.63) is 0 Å². The summed E-state index contributed by atoms with van der Waals surface area (Å²) >= 11 is 0. The van der Waals surface area contributed by atoms with Crippen LogP contribution in [0.25, 0.3) is 0 Å². The van der Waals surface area contributed by atoms with E-state index in [1.807, 2.05) is 4.90 Å². The number of amides is 1. The van der Waals surface area contributed by atoms with Crippen LogP contribution < -0.4 is 5.32 Å². The Morgan fingerprint density at radius 1 is 1.29 bits per heavy atom. The zero-order valence-corrected chi connectivity index (χ0v) is 11.1. The fourth-order valence-electron chi connectivity index (χ4n) is 2.57. The van der Waals surface area contributed by atoms with Crippen molar-refractivity contribution < 1.29 is 4.79 Å². The van der Waals surface area contributed by atoms with Gasteiger partial charge in [0, 0.05) is 32.2 Å². The zero-order valence-electron chi connectivity index (χ0n) is 11.1. The van der Waals surface area contributed by atoms with Crippen molar-refractivity contribution in [2.45, 2.75) is 32.2 Å². The lowest BCUT2D eigenvalue weighted by atomic mass is 10.2. The number of rotatable bonds is 5. The minimum absolute atomic E-state index is 0.278. The summed E-state index contributed by atoms with van der Waals surface area (Å²) in [5, 5.41) is 3.39. The van der Waals surface area contributed by atoms with E-state index in [0.29, 0.717) is 12.6 Å². The van der Waals surface area contributed by atoms with Crippen LogP contribution in [-0.2, 0) is 4.79 Å². The summed E-state index contributed by atoms with van der Waals surface area (Å²) in [6, 6.07) is 0.617. The lowest BCUT2D eigenvalue weighted by Crippen LogP contribution is -2.49. The number of hydrogen-bond donors (Lipinski definition) is 1. The molecule has 1 heterocycles. The molecule has 2 fully saturated rings. The molecule has 4 nitrogen and oxygen atoms in total. The lowest BCUT2D eigenvalue weighted by Gasteiger charge is -2.32. The third kappa shape index (κ3) is 3.68. The van der Waals surface area contributed by atoms with E-state index in [-0.39, 0.29) is 5.91 Å². The van der Waals surface area contributed by atoms with Crippen LogP contribution in [-0.4, -0.2) is 61.5 Å². The molecule has 2 rings (SSSR count). The molecule has 0 bridgehead atoms. The zero-order chi connectivity index (χ0) is 12.3. The first-order valence-corrected chi connectivity index (χ1v) is 6.90. The van der Waals surface area contributed by atoms with E-state index in [1.165, 1.54) is 19.3 Å². The van der Waals surface area contributed by atoms with Gasteiger partial charge < -0.3 is 15.1 Å². The molecule has 1 aliphatic heterocycles. The van der Waals surface area contributed by atoms with Gasteiger partial charge in [-0.15, -0.1) is 0 Å². The number of hydrogen-bond acceptors (Lipinski definition) is 3. The monoisotopic (exact) mass is 239 g/mol. The topological polar surface area (TPSA) is 35.6 Å². The molecule has 0 spiro atoms. The summed E-state index contributed by atoms with van der Waals surface area (Å²) in [6.07, 6.45) is 3.83. The maximum Gasteiger partial charge on any atom is 0.236 e. The number of nitrogens with one attached hydrogen (secondary N) is 1. The van der Waals surface area contributed by atoms with E-state index in [9.17, 15) is 4.79 Å². The molecule has 17 heavy (non-hydrogen) atoms. The van der Waals surface area contributed by atoms with Crippen molar-refractivity contribution in [1.29, 1.82) is 0 Å². The second-order valence-corrected chi connectivity index (χ2v) is 5.46. The van der Waals surface area contributed by atoms with E-state index in [1.54, 1.807) is 0 Å². The normalized spacial score (nSPS) is 29.4. The molecule has 2 atom stereocenters. The van der Waals surface area contributed by atoms with Crippen molar-refractivity contribution in [2.75, 3.05) is 39.8 Å². The van der Waals surface area contributed by atoms with Crippen LogP contribution in [0.1, 0.15) is 26.2 Å². The van der Waals surface area contributed by atoms with Crippen molar-refractivity contribution in [1.82, 2.24) is 15.1 Å². The summed E-state index contributed by atoms with van der Waals surface area (Å²) in [6.45, 7) is 6.56. The van der Waals surface area contributed by atoms with Gasteiger partial charge in [0.15, 0.2) is 0 Å². The molecule has 1 N–H and O–H groups in total. The molecule has 2 unspecified atom stereocenters. The smallest absolute Gasteiger partial charge is 0.236 e. The van der Waals surface area contributed by atoms with Gasteiger partial charge in [-0.2, -0.15) is 0 Å². The van der Waals surface area contributed by atoms with Crippen LogP contribution in [0.3, 0.4) is 0 Å². The quantitative estimate of drug-likeness (QED) is 0.760. The van der Waals surface area contributed by atoms with Crippen molar-refractivity contribution in [3.8, 4) is 0 Å². The van der Waals surface area contributed by atoms with Gasteiger partial charge in [0.25, 0.3) is 0 Å². The van der Waals surface area contributed by atoms with E-state index in [4.69, 9.17) is 0 Å². The number of likely N-dealkylation sites (N-methyl/N-ethyl adjacent to an activating group) is 1. The first-order chi connectivity index (χ1) is 8.20. The Labute approximate surface area is 104 Å². The van der Waals surface area contributed by atoms with E-state index in [2.05, 4.69) is 24.2 Å². The first-order valence-electron chi connectivity index (χ1n) is 6.90. The summed E-state index contributed by atoms with van der Waals surface area (Å²) in [7, 11) is 2.11. The second kappa shape index (κ2) is 5.83. The molecule has 1 saturated heterocycles. The highest BCUT2D eigenvalue weighted by molar-refractivity contribution is 5.78. The van der Waals surface area contributed by atoms with Crippen molar-refractivity contribution >= 4 is 5.91 Å². The Hall–Kier alpha value is -0.610. The fraction of sp³-hybridized carbons (Fsp3) is 0.923. The van der Waals surface area contributed by atoms with Gasteiger partial charge in [-0.3, -0.25) is 4.79 Å². The Morgan fingerprint density at radius 2 is 2.00 bits per heavy atom. The molecular formula is C13H25N3O. The van der Waals surface area contributed by atoms with Crippen LogP contribution in [0.5, 0.6) is 0 Å². The maximum absolute atomic E-state index is 11.9. The molecule has 0 radical (unpaired) electrons. The van der Waals surface area contributed by atoms with Crippen LogP contribution in [0.4, 0.5) is 0 Å². The van der Waals surface area contributed by atoms with E-state index in [0.717, 1.165) is 32.1 Å². The third-order valence-corrected chi connectivity index (χ3v) is 3.95. The van der Waals surface area contributed by atoms with Crippen LogP contribution in [0, 0.1) is 5.92 Å². The van der Waals surface area contributed by atoms with Crippen molar-refractivity contribution in [3.63, 3.8) is 0 Å². The van der Waals surface area contributed by atoms with E-state index >= 15 is 0 Å². The summed E-state index contributed by atoms with van der Waals surface area (Å²) in [5.74, 6) is 1.11. The van der Waals surface area contributed by atoms with Gasteiger partial charge in [-0.05, 0) is 25.8 Å². The average molecular weight is 239 g/mol. The summed E-state index contributed by atoms with van der Waals surface area (Å²) in [4.78, 5) is 16.2. The summed E-state index contributed by atoms with van der Waals surface area (Å²) < 4.78 is 0. The summed E-state index contributed by atoms with van der Waals surface area (Å²) in [5.41, 5.74) is 0. The molecule has 98 valence electrons. The standard InChI is InChI=1S/C13H25N3O/c1-3-4-11-9-12(11)14-10-13(17)16-7-5-15(2)6-8-16/h11-12,14H,3-10H2,1-2H3. The van der Waals surface area contributed by atoms with E-state index < -0.39 is 0 Å². The second-order valence-electron chi connectivity index (χ2n) is 5.46. The van der Waals surface area contributed by atoms with Gasteiger partial charge >= 0.3 is 0 Å². The van der Waals surface area contributed by atoms with Gasteiger partial charge in [0.1, 0.15) is 0 Å². The van der Waals surface area contributed by atoms with Crippen LogP contribution in [0.2, 0.25) is 0 Å². The predicted octanol–water partition coefficient (Wildman–Crippen LogP) is 0.539. The Bertz CT molecular complexity index is 261. The maximum atomic E-state index is 11.9.